The van der Waals surface area contributed by atoms with E-state index in [2.05, 4.69) is 49.0 Å². The molecule has 0 unspecified atom stereocenters. The molecule has 0 bridgehead atoms. The van der Waals surface area contributed by atoms with Gasteiger partial charge in [-0.15, -0.1) is 0 Å². The van der Waals surface area contributed by atoms with E-state index >= 15 is 0 Å². The highest BCUT2D eigenvalue weighted by molar-refractivity contribution is 5.80. The van der Waals surface area contributed by atoms with Crippen LogP contribution in [-0.2, 0) is 6.54 Å². The Kier molecular flexibility index (Phi) is 5.91. The number of likely N-dealkylation sites (N-methyl/N-ethyl adjacent to an activating group) is 1. The van der Waals surface area contributed by atoms with Crippen molar-refractivity contribution in [1.29, 1.82) is 0 Å². The fourth-order valence-corrected chi connectivity index (χ4v) is 3.44. The summed E-state index contributed by atoms with van der Waals surface area (Å²) in [6, 6.07) is 4.33. The van der Waals surface area contributed by atoms with Crippen LogP contribution in [0.2, 0.25) is 0 Å². The van der Waals surface area contributed by atoms with Crippen molar-refractivity contribution in [2.45, 2.75) is 26.3 Å². The summed E-state index contributed by atoms with van der Waals surface area (Å²) in [7, 11) is 1.86. The van der Waals surface area contributed by atoms with Crippen molar-refractivity contribution in [2.24, 2.45) is 4.99 Å². The molecule has 0 aliphatic carbocycles. The van der Waals surface area contributed by atoms with E-state index in [-0.39, 0.29) is 0 Å². The van der Waals surface area contributed by atoms with E-state index in [1.54, 1.807) is 0 Å². The summed E-state index contributed by atoms with van der Waals surface area (Å²) >= 11 is 0. The molecule has 6 heteroatoms. The van der Waals surface area contributed by atoms with Crippen LogP contribution in [0.25, 0.3) is 0 Å². The van der Waals surface area contributed by atoms with Crippen LogP contribution >= 0.6 is 0 Å². The van der Waals surface area contributed by atoms with Crippen molar-refractivity contribution in [3.8, 4) is 0 Å². The molecule has 0 amide bonds. The Balaban J connectivity index is 1.51. The SMILES string of the molecule is CCN1CCN(c2ccc(CNC(=NC)N3CCCC3)cn2)CC1. The number of anilines is 1. The van der Waals surface area contributed by atoms with Gasteiger partial charge in [0.15, 0.2) is 5.96 Å². The smallest absolute Gasteiger partial charge is 0.193 e. The zero-order chi connectivity index (χ0) is 16.8. The quantitative estimate of drug-likeness (QED) is 0.668. The van der Waals surface area contributed by atoms with Crippen LogP contribution in [0.4, 0.5) is 5.82 Å². The Morgan fingerprint density at radius 3 is 2.46 bits per heavy atom. The first-order valence-corrected chi connectivity index (χ1v) is 9.18. The average Bonchev–Trinajstić information content (AvgIpc) is 3.17. The van der Waals surface area contributed by atoms with Gasteiger partial charge in [0, 0.05) is 59.1 Å². The molecule has 1 aromatic heterocycles. The lowest BCUT2D eigenvalue weighted by Crippen LogP contribution is -2.46. The Morgan fingerprint density at radius 2 is 1.88 bits per heavy atom. The van der Waals surface area contributed by atoms with Gasteiger partial charge in [-0.3, -0.25) is 4.99 Å². The van der Waals surface area contributed by atoms with Crippen molar-refractivity contribution >= 4 is 11.8 Å². The highest BCUT2D eigenvalue weighted by Crippen LogP contribution is 2.14. The number of hydrogen-bond donors (Lipinski definition) is 1. The topological polar surface area (TPSA) is 47.0 Å². The molecule has 2 aliphatic rings. The van der Waals surface area contributed by atoms with Gasteiger partial charge in [-0.2, -0.15) is 0 Å². The lowest BCUT2D eigenvalue weighted by Gasteiger charge is -2.34. The third-order valence-electron chi connectivity index (χ3n) is 5.02. The standard InChI is InChI=1S/C18H30N6/c1-3-22-10-12-23(13-11-22)17-7-6-16(14-20-17)15-21-18(19-2)24-8-4-5-9-24/h6-7,14H,3-5,8-13,15H2,1-2H3,(H,19,21). The lowest BCUT2D eigenvalue weighted by molar-refractivity contribution is 0.270. The summed E-state index contributed by atoms with van der Waals surface area (Å²) in [4.78, 5) is 16.3. The average molecular weight is 330 g/mol. The monoisotopic (exact) mass is 330 g/mol. The van der Waals surface area contributed by atoms with Crippen LogP contribution in [0.1, 0.15) is 25.3 Å². The molecule has 2 aliphatic heterocycles. The van der Waals surface area contributed by atoms with Gasteiger partial charge in [0.25, 0.3) is 0 Å². The summed E-state index contributed by atoms with van der Waals surface area (Å²) in [5.41, 5.74) is 1.20. The minimum atomic E-state index is 0.778. The maximum Gasteiger partial charge on any atom is 0.193 e. The number of piperazine rings is 1. The molecular formula is C18H30N6. The fourth-order valence-electron chi connectivity index (χ4n) is 3.44. The number of pyridine rings is 1. The minimum absolute atomic E-state index is 0.778. The van der Waals surface area contributed by atoms with Crippen molar-refractivity contribution in [2.75, 3.05) is 57.8 Å². The maximum atomic E-state index is 4.67. The van der Waals surface area contributed by atoms with E-state index in [4.69, 9.17) is 0 Å². The Morgan fingerprint density at radius 1 is 1.12 bits per heavy atom. The van der Waals surface area contributed by atoms with Gasteiger partial charge in [-0.1, -0.05) is 13.0 Å². The molecule has 0 atom stereocenters. The second-order valence-electron chi connectivity index (χ2n) is 6.54. The molecule has 0 saturated carbocycles. The second-order valence-corrected chi connectivity index (χ2v) is 6.54. The van der Waals surface area contributed by atoms with Crippen molar-refractivity contribution in [1.82, 2.24) is 20.1 Å². The maximum absolute atomic E-state index is 4.67. The number of guanidine groups is 1. The van der Waals surface area contributed by atoms with Crippen LogP contribution in [0.3, 0.4) is 0 Å². The number of aliphatic imine (C=N–C) groups is 1. The van der Waals surface area contributed by atoms with Gasteiger partial charge >= 0.3 is 0 Å². The minimum Gasteiger partial charge on any atom is -0.354 e. The van der Waals surface area contributed by atoms with Crippen LogP contribution in [0.5, 0.6) is 0 Å². The molecular weight excluding hydrogens is 300 g/mol. The molecule has 0 spiro atoms. The molecule has 0 radical (unpaired) electrons. The van der Waals surface area contributed by atoms with Crippen molar-refractivity contribution in [3.63, 3.8) is 0 Å². The molecule has 0 aromatic carbocycles. The molecule has 2 fully saturated rings. The van der Waals surface area contributed by atoms with Crippen LogP contribution in [0.15, 0.2) is 23.3 Å². The van der Waals surface area contributed by atoms with E-state index < -0.39 is 0 Å². The van der Waals surface area contributed by atoms with Gasteiger partial charge in [-0.25, -0.2) is 4.98 Å². The zero-order valence-corrected chi connectivity index (χ0v) is 15.0. The molecule has 1 N–H and O–H groups in total. The van der Waals surface area contributed by atoms with E-state index in [9.17, 15) is 0 Å². The molecule has 132 valence electrons. The molecule has 1 aromatic rings. The predicted octanol–water partition coefficient (Wildman–Crippen LogP) is 1.39. The summed E-state index contributed by atoms with van der Waals surface area (Å²) in [6.45, 7) is 10.8. The van der Waals surface area contributed by atoms with Crippen molar-refractivity contribution in [3.05, 3.63) is 23.9 Å². The van der Waals surface area contributed by atoms with Crippen LogP contribution in [-0.4, -0.2) is 73.6 Å². The number of rotatable bonds is 4. The van der Waals surface area contributed by atoms with E-state index in [1.807, 2.05) is 13.2 Å². The summed E-state index contributed by atoms with van der Waals surface area (Å²) < 4.78 is 0. The number of nitrogens with zero attached hydrogens (tertiary/aromatic N) is 5. The number of nitrogens with one attached hydrogen (secondary N) is 1. The first kappa shape index (κ1) is 17.0. The largest absolute Gasteiger partial charge is 0.354 e. The molecule has 2 saturated heterocycles. The first-order chi connectivity index (χ1) is 11.8. The Hall–Kier alpha value is -1.82. The number of hydrogen-bond acceptors (Lipinski definition) is 4. The van der Waals surface area contributed by atoms with E-state index in [0.29, 0.717) is 0 Å². The molecule has 24 heavy (non-hydrogen) atoms. The third kappa shape index (κ3) is 4.17. The zero-order valence-electron chi connectivity index (χ0n) is 15.0. The third-order valence-corrected chi connectivity index (χ3v) is 5.02. The number of likely N-dealkylation sites (tertiary alicyclic amines) is 1. The van der Waals surface area contributed by atoms with Gasteiger partial charge in [0.1, 0.15) is 5.82 Å². The number of aromatic nitrogens is 1. The first-order valence-electron chi connectivity index (χ1n) is 9.18. The van der Waals surface area contributed by atoms with Gasteiger partial charge in [0.2, 0.25) is 0 Å². The van der Waals surface area contributed by atoms with Crippen LogP contribution < -0.4 is 10.2 Å². The lowest BCUT2D eigenvalue weighted by atomic mass is 10.2. The molecule has 6 nitrogen and oxygen atoms in total. The van der Waals surface area contributed by atoms with Crippen LogP contribution in [0, 0.1) is 0 Å². The highest BCUT2D eigenvalue weighted by atomic mass is 15.3. The normalized spacial score (nSPS) is 19.8. The summed E-state index contributed by atoms with van der Waals surface area (Å²) in [5.74, 6) is 2.10. The highest BCUT2D eigenvalue weighted by Gasteiger charge is 2.17. The summed E-state index contributed by atoms with van der Waals surface area (Å²) in [5, 5.41) is 3.46. The van der Waals surface area contributed by atoms with Gasteiger partial charge in [-0.05, 0) is 31.0 Å². The molecule has 3 rings (SSSR count). The van der Waals surface area contributed by atoms with Gasteiger partial charge < -0.3 is 20.0 Å². The Labute approximate surface area is 145 Å². The van der Waals surface area contributed by atoms with Crippen molar-refractivity contribution < 1.29 is 0 Å². The second kappa shape index (κ2) is 8.33. The van der Waals surface area contributed by atoms with E-state index in [0.717, 1.165) is 64.1 Å². The van der Waals surface area contributed by atoms with Gasteiger partial charge in [0.05, 0.1) is 0 Å². The van der Waals surface area contributed by atoms with E-state index in [1.165, 1.54) is 18.4 Å². The predicted molar refractivity (Wildman–Crippen MR) is 99.6 cm³/mol. The summed E-state index contributed by atoms with van der Waals surface area (Å²) in [6.07, 6.45) is 4.52. The molecule has 3 heterocycles. The Bertz CT molecular complexity index is 527. The fraction of sp³-hybridized carbons (Fsp3) is 0.667.